The second kappa shape index (κ2) is 6.20. The average molecular weight is 233 g/mol. The Balaban J connectivity index is 2.46. The van der Waals surface area contributed by atoms with Crippen LogP contribution in [0.3, 0.4) is 0 Å². The molecule has 0 radical (unpaired) electrons. The molecule has 17 heavy (non-hydrogen) atoms. The van der Waals surface area contributed by atoms with E-state index in [0.29, 0.717) is 5.92 Å². The molecule has 1 nitrogen and oxygen atoms in total. The van der Waals surface area contributed by atoms with Gasteiger partial charge in [-0.1, -0.05) is 38.1 Å². The second-order valence-electron chi connectivity index (χ2n) is 5.89. The molecule has 0 saturated heterocycles. The Hall–Kier alpha value is -0.820. The van der Waals surface area contributed by atoms with Gasteiger partial charge in [-0.15, -0.1) is 0 Å². The number of aryl methyl sites for hydroxylation is 1. The minimum atomic E-state index is -0.0311. The van der Waals surface area contributed by atoms with Crippen LogP contribution in [-0.4, -0.2) is 5.54 Å². The van der Waals surface area contributed by atoms with Crippen molar-refractivity contribution in [1.82, 2.24) is 0 Å². The highest BCUT2D eigenvalue weighted by molar-refractivity contribution is 5.25. The third-order valence-electron chi connectivity index (χ3n) is 3.45. The molecule has 0 spiro atoms. The minimum Gasteiger partial charge on any atom is -0.326 e. The van der Waals surface area contributed by atoms with Gasteiger partial charge >= 0.3 is 0 Å². The lowest BCUT2D eigenvalue weighted by Crippen LogP contribution is -2.31. The van der Waals surface area contributed by atoms with E-state index in [-0.39, 0.29) is 5.54 Å². The smallest absolute Gasteiger partial charge is 0.00971 e. The standard InChI is InChI=1S/C16H27N/c1-5-13(2)15-10-8-14(9-11-15)7-6-12-16(3,4)17/h8-11,13H,5-7,12,17H2,1-4H3. The van der Waals surface area contributed by atoms with Gasteiger partial charge in [0, 0.05) is 5.54 Å². The van der Waals surface area contributed by atoms with Crippen molar-refractivity contribution in [3.63, 3.8) is 0 Å². The highest BCUT2D eigenvalue weighted by Gasteiger charge is 2.09. The molecule has 1 atom stereocenters. The molecule has 0 fully saturated rings. The maximum atomic E-state index is 5.98. The van der Waals surface area contributed by atoms with E-state index < -0.39 is 0 Å². The van der Waals surface area contributed by atoms with Gasteiger partial charge in [0.05, 0.1) is 0 Å². The van der Waals surface area contributed by atoms with E-state index in [1.54, 1.807) is 0 Å². The first-order valence-corrected chi connectivity index (χ1v) is 6.80. The predicted molar refractivity (Wildman–Crippen MR) is 76.4 cm³/mol. The summed E-state index contributed by atoms with van der Waals surface area (Å²) in [7, 11) is 0. The topological polar surface area (TPSA) is 26.0 Å². The molecule has 1 rings (SSSR count). The van der Waals surface area contributed by atoms with Gasteiger partial charge in [0.1, 0.15) is 0 Å². The first-order chi connectivity index (χ1) is 7.92. The predicted octanol–water partition coefficient (Wildman–Crippen LogP) is 4.26. The molecule has 0 bridgehead atoms. The van der Waals surface area contributed by atoms with E-state index in [1.807, 2.05) is 0 Å². The molecule has 0 aliphatic heterocycles. The van der Waals surface area contributed by atoms with Crippen molar-refractivity contribution in [2.24, 2.45) is 5.73 Å². The summed E-state index contributed by atoms with van der Waals surface area (Å²) in [6.07, 6.45) is 4.61. The Morgan fingerprint density at radius 3 is 2.24 bits per heavy atom. The fraction of sp³-hybridized carbons (Fsp3) is 0.625. The second-order valence-corrected chi connectivity index (χ2v) is 5.89. The Bertz CT molecular complexity index is 318. The van der Waals surface area contributed by atoms with Crippen LogP contribution < -0.4 is 5.73 Å². The van der Waals surface area contributed by atoms with E-state index in [1.165, 1.54) is 24.0 Å². The average Bonchev–Trinajstić information content (AvgIpc) is 2.27. The zero-order valence-corrected chi connectivity index (χ0v) is 11.8. The van der Waals surface area contributed by atoms with Gasteiger partial charge < -0.3 is 5.73 Å². The molecule has 0 amide bonds. The highest BCUT2D eigenvalue weighted by atomic mass is 14.7. The van der Waals surface area contributed by atoms with E-state index >= 15 is 0 Å². The zero-order chi connectivity index (χ0) is 12.9. The highest BCUT2D eigenvalue weighted by Crippen LogP contribution is 2.19. The van der Waals surface area contributed by atoms with Crippen LogP contribution in [0.4, 0.5) is 0 Å². The lowest BCUT2D eigenvalue weighted by molar-refractivity contribution is 0.459. The Kier molecular flexibility index (Phi) is 5.20. The van der Waals surface area contributed by atoms with Gasteiger partial charge in [0.15, 0.2) is 0 Å². The molecule has 1 heteroatoms. The molecule has 96 valence electrons. The summed E-state index contributed by atoms with van der Waals surface area (Å²) < 4.78 is 0. The van der Waals surface area contributed by atoms with Crippen molar-refractivity contribution < 1.29 is 0 Å². The number of hydrogen-bond acceptors (Lipinski definition) is 1. The van der Waals surface area contributed by atoms with Gasteiger partial charge in [0.25, 0.3) is 0 Å². The Morgan fingerprint density at radius 2 is 1.76 bits per heavy atom. The lowest BCUT2D eigenvalue weighted by atomic mass is 9.94. The monoisotopic (exact) mass is 233 g/mol. The summed E-state index contributed by atoms with van der Waals surface area (Å²) in [6.45, 7) is 8.71. The van der Waals surface area contributed by atoms with Crippen molar-refractivity contribution in [2.75, 3.05) is 0 Å². The maximum Gasteiger partial charge on any atom is 0.00971 e. The van der Waals surface area contributed by atoms with Crippen LogP contribution in [0, 0.1) is 0 Å². The summed E-state index contributed by atoms with van der Waals surface area (Å²) in [4.78, 5) is 0. The van der Waals surface area contributed by atoms with Gasteiger partial charge in [-0.05, 0) is 56.6 Å². The minimum absolute atomic E-state index is 0.0311. The van der Waals surface area contributed by atoms with Crippen molar-refractivity contribution in [1.29, 1.82) is 0 Å². The van der Waals surface area contributed by atoms with Crippen molar-refractivity contribution in [3.05, 3.63) is 35.4 Å². The molecular formula is C16H27N. The molecule has 1 aromatic carbocycles. The molecule has 0 saturated carbocycles. The number of benzene rings is 1. The van der Waals surface area contributed by atoms with Gasteiger partial charge in [-0.2, -0.15) is 0 Å². The summed E-state index contributed by atoms with van der Waals surface area (Å²) in [5, 5.41) is 0. The van der Waals surface area contributed by atoms with Crippen molar-refractivity contribution >= 4 is 0 Å². The normalized spacial score (nSPS) is 13.7. The van der Waals surface area contributed by atoms with Crippen molar-refractivity contribution in [3.8, 4) is 0 Å². The summed E-state index contributed by atoms with van der Waals surface area (Å²) >= 11 is 0. The molecule has 2 N–H and O–H groups in total. The van der Waals surface area contributed by atoms with Crippen LogP contribution in [0.2, 0.25) is 0 Å². The van der Waals surface area contributed by atoms with Crippen LogP contribution in [0.1, 0.15) is 64.0 Å². The van der Waals surface area contributed by atoms with Crippen LogP contribution in [0.15, 0.2) is 24.3 Å². The first-order valence-electron chi connectivity index (χ1n) is 6.80. The molecule has 1 aromatic rings. The maximum absolute atomic E-state index is 5.98. The molecule has 1 unspecified atom stereocenters. The van der Waals surface area contributed by atoms with Gasteiger partial charge in [-0.25, -0.2) is 0 Å². The number of hydrogen-bond donors (Lipinski definition) is 1. The molecule has 0 heterocycles. The van der Waals surface area contributed by atoms with E-state index in [9.17, 15) is 0 Å². The quantitative estimate of drug-likeness (QED) is 0.780. The fourth-order valence-electron chi connectivity index (χ4n) is 2.00. The van der Waals surface area contributed by atoms with Crippen LogP contribution in [0.5, 0.6) is 0 Å². The number of nitrogens with two attached hydrogens (primary N) is 1. The Labute approximate surface area is 106 Å². The zero-order valence-electron chi connectivity index (χ0n) is 11.8. The molecule has 0 aliphatic rings. The molecular weight excluding hydrogens is 206 g/mol. The van der Waals surface area contributed by atoms with Crippen LogP contribution >= 0.6 is 0 Å². The fourth-order valence-corrected chi connectivity index (χ4v) is 2.00. The largest absolute Gasteiger partial charge is 0.326 e. The van der Waals surface area contributed by atoms with Crippen LogP contribution in [0.25, 0.3) is 0 Å². The molecule has 0 aromatic heterocycles. The number of rotatable bonds is 6. The third kappa shape index (κ3) is 5.36. The Morgan fingerprint density at radius 1 is 1.18 bits per heavy atom. The lowest BCUT2D eigenvalue weighted by Gasteiger charge is -2.18. The van der Waals surface area contributed by atoms with E-state index in [4.69, 9.17) is 5.73 Å². The van der Waals surface area contributed by atoms with E-state index in [2.05, 4.69) is 52.0 Å². The van der Waals surface area contributed by atoms with Crippen molar-refractivity contribution in [2.45, 2.75) is 64.8 Å². The van der Waals surface area contributed by atoms with E-state index in [0.717, 1.165) is 12.8 Å². The summed E-state index contributed by atoms with van der Waals surface area (Å²) in [5.41, 5.74) is 8.84. The SMILES string of the molecule is CCC(C)c1ccc(CCCC(C)(C)N)cc1. The third-order valence-corrected chi connectivity index (χ3v) is 3.45. The van der Waals surface area contributed by atoms with Gasteiger partial charge in [-0.3, -0.25) is 0 Å². The first kappa shape index (κ1) is 14.2. The van der Waals surface area contributed by atoms with Gasteiger partial charge in [0.2, 0.25) is 0 Å². The molecule has 0 aliphatic carbocycles. The van der Waals surface area contributed by atoms with Crippen LogP contribution in [-0.2, 0) is 6.42 Å². The summed E-state index contributed by atoms with van der Waals surface area (Å²) in [5.74, 6) is 0.673. The summed E-state index contributed by atoms with van der Waals surface area (Å²) in [6, 6.07) is 9.09.